The van der Waals surface area contributed by atoms with E-state index in [1.165, 1.54) is 12.1 Å². The van der Waals surface area contributed by atoms with Gasteiger partial charge in [-0.15, -0.1) is 0 Å². The molecule has 0 spiro atoms. The number of sulfonamides is 1. The topological polar surface area (TPSA) is 79.0 Å². The first-order chi connectivity index (χ1) is 18.3. The second-order valence-corrected chi connectivity index (χ2v) is 12.4. The van der Waals surface area contributed by atoms with Crippen molar-refractivity contribution in [2.75, 3.05) is 13.1 Å². The molecule has 3 aromatic rings. The molecule has 0 bridgehead atoms. The zero-order valence-corrected chi connectivity index (χ0v) is 22.3. The molecule has 1 saturated carbocycles. The average molecular weight is 579 g/mol. The number of aromatic nitrogens is 2. The highest BCUT2D eigenvalue weighted by Crippen LogP contribution is 2.53. The molecule has 1 fully saturated rings. The molecule has 2 aliphatic carbocycles. The van der Waals surface area contributed by atoms with Crippen molar-refractivity contribution >= 4 is 27.7 Å². The van der Waals surface area contributed by atoms with Crippen LogP contribution >= 0.6 is 11.6 Å². The van der Waals surface area contributed by atoms with Crippen molar-refractivity contribution in [1.29, 1.82) is 5.26 Å². The number of nitrogens with zero attached hydrogens (tertiary/aromatic N) is 4. The summed E-state index contributed by atoms with van der Waals surface area (Å²) in [6.07, 6.45) is 0.840. The van der Waals surface area contributed by atoms with Crippen LogP contribution < -0.4 is 0 Å². The molecule has 0 unspecified atom stereocenters. The number of rotatable bonds is 6. The van der Waals surface area contributed by atoms with Gasteiger partial charge in [-0.3, -0.25) is 0 Å². The molecule has 0 radical (unpaired) electrons. The molecule has 2 atom stereocenters. The molecule has 2 aliphatic rings. The number of alkyl halides is 3. The maximum absolute atomic E-state index is 13.5. The zero-order valence-electron chi connectivity index (χ0n) is 20.7. The van der Waals surface area contributed by atoms with Crippen LogP contribution in [0.15, 0.2) is 59.1 Å². The van der Waals surface area contributed by atoms with E-state index in [0.717, 1.165) is 33.3 Å². The summed E-state index contributed by atoms with van der Waals surface area (Å²) in [5.74, 6) is -0.543. The maximum atomic E-state index is 13.5. The van der Waals surface area contributed by atoms with E-state index in [-0.39, 0.29) is 18.3 Å². The Morgan fingerprint density at radius 3 is 2.62 bits per heavy atom. The van der Waals surface area contributed by atoms with E-state index in [2.05, 4.69) is 5.10 Å². The Bertz CT molecular complexity index is 1610. The molecule has 2 aromatic carbocycles. The van der Waals surface area contributed by atoms with Crippen LogP contribution in [0.3, 0.4) is 0 Å². The number of fused-ring (bicyclic) bond motifs is 2. The lowest BCUT2D eigenvalue weighted by atomic mass is 9.70. The Morgan fingerprint density at radius 1 is 1.23 bits per heavy atom. The van der Waals surface area contributed by atoms with Crippen LogP contribution in [-0.4, -0.2) is 35.6 Å². The molecule has 204 valence electrons. The van der Waals surface area contributed by atoms with Gasteiger partial charge in [0.25, 0.3) is 0 Å². The predicted octanol–water partition coefficient (Wildman–Crippen LogP) is 6.25. The lowest BCUT2D eigenvalue weighted by Crippen LogP contribution is -2.41. The standard InChI is InChI=1S/C27H23ClF4N4O2S/c1-26-14-17-15-34-36(21-6-4-20(29)5-7-21)25(17)12-18(26)2-3-19(26)16-35(11-10-33)39(37,38)22-8-9-24(28)23(13-22)27(30,31)32/h4-9,12-13,15,19H,2-3,11,14,16H2,1H3/t19-,26+/m1/s1. The average Bonchev–Trinajstić information content (AvgIpc) is 3.41. The lowest BCUT2D eigenvalue weighted by Gasteiger charge is -2.37. The van der Waals surface area contributed by atoms with E-state index in [1.807, 2.05) is 19.1 Å². The van der Waals surface area contributed by atoms with E-state index in [1.54, 1.807) is 23.0 Å². The van der Waals surface area contributed by atoms with Gasteiger partial charge in [-0.2, -0.15) is 27.8 Å². The number of hydrogen-bond acceptors (Lipinski definition) is 4. The summed E-state index contributed by atoms with van der Waals surface area (Å²) in [4.78, 5) is -0.570. The zero-order chi connectivity index (χ0) is 28.2. The first-order valence-electron chi connectivity index (χ1n) is 12.1. The van der Waals surface area contributed by atoms with Gasteiger partial charge in [0, 0.05) is 6.54 Å². The van der Waals surface area contributed by atoms with E-state index in [9.17, 15) is 31.2 Å². The van der Waals surface area contributed by atoms with Crippen LogP contribution in [-0.2, 0) is 22.6 Å². The SMILES string of the molecule is C[C@]12Cc3cnn(-c4ccc(F)cc4)c3C=C1CC[C@@H]2CN(CC#N)S(=O)(=O)c1ccc(Cl)c(C(F)(F)F)c1. The van der Waals surface area contributed by atoms with Crippen LogP contribution in [0.4, 0.5) is 17.6 Å². The van der Waals surface area contributed by atoms with Crippen LogP contribution in [0.5, 0.6) is 0 Å². The minimum atomic E-state index is -4.83. The van der Waals surface area contributed by atoms with Crippen LogP contribution in [0.1, 0.15) is 36.6 Å². The third-order valence-corrected chi connectivity index (χ3v) is 9.91. The van der Waals surface area contributed by atoms with Crippen molar-refractivity contribution in [2.24, 2.45) is 11.3 Å². The molecule has 0 N–H and O–H groups in total. The third kappa shape index (κ3) is 4.86. The van der Waals surface area contributed by atoms with Crippen LogP contribution in [0, 0.1) is 28.5 Å². The fourth-order valence-electron chi connectivity index (χ4n) is 5.62. The fraction of sp³-hybridized carbons (Fsp3) is 0.333. The van der Waals surface area contributed by atoms with Gasteiger partial charge in [0.2, 0.25) is 10.0 Å². The molecule has 39 heavy (non-hydrogen) atoms. The van der Waals surface area contributed by atoms with E-state index < -0.39 is 43.6 Å². The highest BCUT2D eigenvalue weighted by atomic mass is 35.5. The summed E-state index contributed by atoms with van der Waals surface area (Å²) >= 11 is 5.68. The molecule has 0 amide bonds. The van der Waals surface area contributed by atoms with Crippen molar-refractivity contribution in [1.82, 2.24) is 14.1 Å². The molecule has 6 nitrogen and oxygen atoms in total. The summed E-state index contributed by atoms with van der Waals surface area (Å²) in [6.45, 7) is 1.50. The Balaban J connectivity index is 1.44. The molecule has 12 heteroatoms. The lowest BCUT2D eigenvalue weighted by molar-refractivity contribution is -0.137. The molecule has 1 heterocycles. The number of allylic oxidation sites excluding steroid dienone is 1. The molecule has 0 saturated heterocycles. The van der Waals surface area contributed by atoms with Crippen molar-refractivity contribution in [3.8, 4) is 11.8 Å². The van der Waals surface area contributed by atoms with Gasteiger partial charge in [-0.05, 0) is 84.7 Å². The van der Waals surface area contributed by atoms with E-state index >= 15 is 0 Å². The maximum Gasteiger partial charge on any atom is 0.417 e. The Morgan fingerprint density at radius 2 is 1.95 bits per heavy atom. The predicted molar refractivity (Wildman–Crippen MR) is 137 cm³/mol. The summed E-state index contributed by atoms with van der Waals surface area (Å²) in [7, 11) is -4.43. The van der Waals surface area contributed by atoms with Crippen LogP contribution in [0.2, 0.25) is 5.02 Å². The van der Waals surface area contributed by atoms with Crippen molar-refractivity contribution < 1.29 is 26.0 Å². The van der Waals surface area contributed by atoms with Gasteiger partial charge in [0.05, 0.1) is 39.1 Å². The minimum Gasteiger partial charge on any atom is -0.233 e. The molecular weight excluding hydrogens is 556 g/mol. The largest absolute Gasteiger partial charge is 0.417 e. The Kier molecular flexibility index (Phi) is 6.85. The van der Waals surface area contributed by atoms with Crippen LogP contribution in [0.25, 0.3) is 11.8 Å². The highest BCUT2D eigenvalue weighted by molar-refractivity contribution is 7.89. The van der Waals surface area contributed by atoms with Gasteiger partial charge in [-0.1, -0.05) is 24.1 Å². The normalized spacial score (nSPS) is 20.9. The number of nitriles is 1. The number of halogens is 5. The van der Waals surface area contributed by atoms with Gasteiger partial charge in [0.1, 0.15) is 12.4 Å². The first kappa shape index (κ1) is 27.4. The molecule has 1 aromatic heterocycles. The summed E-state index contributed by atoms with van der Waals surface area (Å²) in [5, 5.41) is 13.3. The Labute approximate surface area is 228 Å². The number of benzene rings is 2. The van der Waals surface area contributed by atoms with E-state index in [0.29, 0.717) is 31.0 Å². The summed E-state index contributed by atoms with van der Waals surface area (Å²) in [6, 6.07) is 10.3. The molecule has 5 rings (SSSR count). The summed E-state index contributed by atoms with van der Waals surface area (Å²) < 4.78 is 83.2. The minimum absolute atomic E-state index is 0.0326. The molecular formula is C27H23ClF4N4O2S. The van der Waals surface area contributed by atoms with Gasteiger partial charge >= 0.3 is 6.18 Å². The summed E-state index contributed by atoms with van der Waals surface area (Å²) in [5.41, 5.74) is 1.93. The third-order valence-electron chi connectivity index (χ3n) is 7.77. The second-order valence-electron chi connectivity index (χ2n) is 10.0. The quantitative estimate of drug-likeness (QED) is 0.256. The first-order valence-corrected chi connectivity index (χ1v) is 13.9. The van der Waals surface area contributed by atoms with Crippen molar-refractivity contribution in [2.45, 2.75) is 37.3 Å². The fourth-order valence-corrected chi connectivity index (χ4v) is 7.25. The smallest absolute Gasteiger partial charge is 0.233 e. The van der Waals surface area contributed by atoms with Gasteiger partial charge < -0.3 is 0 Å². The van der Waals surface area contributed by atoms with E-state index in [4.69, 9.17) is 11.6 Å². The van der Waals surface area contributed by atoms with Gasteiger partial charge in [0.15, 0.2) is 0 Å². The Hall–Kier alpha value is -3.20. The van der Waals surface area contributed by atoms with Crippen molar-refractivity contribution in [3.63, 3.8) is 0 Å². The second kappa shape index (κ2) is 9.77. The molecule has 0 aliphatic heterocycles. The monoisotopic (exact) mass is 578 g/mol. The van der Waals surface area contributed by atoms with Crippen molar-refractivity contribution in [3.05, 3.63) is 81.9 Å². The number of hydrogen-bond donors (Lipinski definition) is 0. The van der Waals surface area contributed by atoms with Gasteiger partial charge in [-0.25, -0.2) is 17.5 Å². The highest BCUT2D eigenvalue weighted by Gasteiger charge is 2.47.